The van der Waals surface area contributed by atoms with Crippen LogP contribution >= 0.6 is 0 Å². The van der Waals surface area contributed by atoms with Crippen LogP contribution in [-0.4, -0.2) is 19.1 Å². The number of unbranched alkanes of at least 4 members (excludes halogenated alkanes) is 1. The predicted octanol–water partition coefficient (Wildman–Crippen LogP) is 3.96. The minimum absolute atomic E-state index is 0.0316. The van der Waals surface area contributed by atoms with Gasteiger partial charge in [0.15, 0.2) is 6.61 Å². The fraction of sp³-hybridized carbons (Fsp3) is 0.611. The van der Waals surface area contributed by atoms with Gasteiger partial charge in [0.2, 0.25) is 0 Å². The van der Waals surface area contributed by atoms with Crippen molar-refractivity contribution in [3.63, 3.8) is 0 Å². The second-order valence-corrected chi connectivity index (χ2v) is 5.47. The van der Waals surface area contributed by atoms with Crippen LogP contribution in [0.4, 0.5) is 0 Å². The molecule has 1 aromatic rings. The van der Waals surface area contributed by atoms with Gasteiger partial charge >= 0.3 is 0 Å². The maximum atomic E-state index is 11.9. The van der Waals surface area contributed by atoms with Gasteiger partial charge in [-0.3, -0.25) is 4.79 Å². The van der Waals surface area contributed by atoms with Crippen molar-refractivity contribution < 1.29 is 9.53 Å². The Labute approximate surface area is 129 Å². The molecule has 118 valence electrons. The molecule has 1 amide bonds. The van der Waals surface area contributed by atoms with E-state index < -0.39 is 0 Å². The first kappa shape index (κ1) is 17.5. The number of carbonyl (C=O) groups excluding carboxylic acids is 1. The van der Waals surface area contributed by atoms with E-state index in [0.717, 1.165) is 30.7 Å². The zero-order chi connectivity index (χ0) is 15.5. The van der Waals surface area contributed by atoms with Crippen molar-refractivity contribution >= 4 is 5.91 Å². The van der Waals surface area contributed by atoms with Crippen LogP contribution in [-0.2, 0) is 11.2 Å². The second kappa shape index (κ2) is 10.3. The third-order valence-electron chi connectivity index (χ3n) is 3.84. The molecule has 0 spiro atoms. The first-order valence-corrected chi connectivity index (χ1v) is 8.18. The number of carbonyl (C=O) groups is 1. The highest BCUT2D eigenvalue weighted by Crippen LogP contribution is 2.18. The van der Waals surface area contributed by atoms with Gasteiger partial charge in [-0.25, -0.2) is 0 Å². The number of para-hydroxylation sites is 1. The highest BCUT2D eigenvalue weighted by atomic mass is 16.5. The molecule has 0 bridgehead atoms. The Kier molecular flexibility index (Phi) is 8.56. The van der Waals surface area contributed by atoms with Gasteiger partial charge in [-0.2, -0.15) is 0 Å². The molecule has 0 radical (unpaired) electrons. The molecule has 0 heterocycles. The molecule has 0 fully saturated rings. The summed E-state index contributed by atoms with van der Waals surface area (Å²) in [7, 11) is 0. The summed E-state index contributed by atoms with van der Waals surface area (Å²) in [6.45, 7) is 7.32. The average molecular weight is 291 g/mol. The fourth-order valence-electron chi connectivity index (χ4n) is 2.33. The molecule has 3 heteroatoms. The molecular weight excluding hydrogens is 262 g/mol. The van der Waals surface area contributed by atoms with Gasteiger partial charge in [0.1, 0.15) is 5.75 Å². The summed E-state index contributed by atoms with van der Waals surface area (Å²) < 4.78 is 5.62. The summed E-state index contributed by atoms with van der Waals surface area (Å²) in [4.78, 5) is 11.9. The molecule has 1 unspecified atom stereocenters. The summed E-state index contributed by atoms with van der Waals surface area (Å²) >= 11 is 0. The maximum Gasteiger partial charge on any atom is 0.257 e. The minimum Gasteiger partial charge on any atom is -0.483 e. The lowest BCUT2D eigenvalue weighted by Crippen LogP contribution is -2.33. The lowest BCUT2D eigenvalue weighted by molar-refractivity contribution is -0.123. The molecule has 0 aliphatic carbocycles. The number of hydrogen-bond acceptors (Lipinski definition) is 2. The molecular formula is C18H29NO2. The Morgan fingerprint density at radius 2 is 2.00 bits per heavy atom. The number of ether oxygens (including phenoxy) is 1. The Balaban J connectivity index is 2.33. The summed E-state index contributed by atoms with van der Waals surface area (Å²) in [6, 6.07) is 7.88. The minimum atomic E-state index is -0.0316. The molecule has 1 atom stereocenters. The van der Waals surface area contributed by atoms with Gasteiger partial charge in [0.05, 0.1) is 0 Å². The van der Waals surface area contributed by atoms with E-state index in [1.165, 1.54) is 19.3 Å². The van der Waals surface area contributed by atoms with E-state index in [1.54, 1.807) is 0 Å². The smallest absolute Gasteiger partial charge is 0.257 e. The monoisotopic (exact) mass is 291 g/mol. The average Bonchev–Trinajstić information content (AvgIpc) is 2.53. The van der Waals surface area contributed by atoms with E-state index in [9.17, 15) is 4.79 Å². The van der Waals surface area contributed by atoms with E-state index in [4.69, 9.17) is 4.74 Å². The predicted molar refractivity (Wildman–Crippen MR) is 87.6 cm³/mol. The third-order valence-corrected chi connectivity index (χ3v) is 3.84. The molecule has 3 nitrogen and oxygen atoms in total. The molecule has 0 saturated heterocycles. The van der Waals surface area contributed by atoms with E-state index in [1.807, 2.05) is 24.3 Å². The van der Waals surface area contributed by atoms with Crippen molar-refractivity contribution in [1.29, 1.82) is 0 Å². The van der Waals surface area contributed by atoms with Crippen molar-refractivity contribution in [2.45, 2.75) is 52.9 Å². The van der Waals surface area contributed by atoms with Crippen LogP contribution in [0.1, 0.15) is 52.0 Å². The first-order valence-electron chi connectivity index (χ1n) is 8.18. The SMILES string of the molecule is CCCCC(CC)CNC(=O)COc1ccccc1CC. The summed E-state index contributed by atoms with van der Waals surface area (Å²) in [5, 5.41) is 2.99. The number of benzene rings is 1. The Hall–Kier alpha value is -1.51. The molecule has 1 aromatic carbocycles. The normalized spacial score (nSPS) is 12.0. The Morgan fingerprint density at radius 3 is 2.67 bits per heavy atom. The summed E-state index contributed by atoms with van der Waals surface area (Å²) in [6.07, 6.45) is 5.65. The second-order valence-electron chi connectivity index (χ2n) is 5.47. The van der Waals surface area contributed by atoms with Crippen LogP contribution in [0.15, 0.2) is 24.3 Å². The molecule has 0 saturated carbocycles. The van der Waals surface area contributed by atoms with E-state index in [2.05, 4.69) is 26.1 Å². The molecule has 0 aliphatic heterocycles. The lowest BCUT2D eigenvalue weighted by Gasteiger charge is -2.16. The zero-order valence-corrected chi connectivity index (χ0v) is 13.7. The van der Waals surface area contributed by atoms with Crippen molar-refractivity contribution in [3.8, 4) is 5.75 Å². The van der Waals surface area contributed by atoms with E-state index >= 15 is 0 Å². The topological polar surface area (TPSA) is 38.3 Å². The molecule has 21 heavy (non-hydrogen) atoms. The van der Waals surface area contributed by atoms with Gasteiger partial charge in [-0.1, -0.05) is 58.2 Å². The van der Waals surface area contributed by atoms with E-state index in [-0.39, 0.29) is 12.5 Å². The Bertz CT molecular complexity index is 417. The number of nitrogens with one attached hydrogen (secondary N) is 1. The largest absolute Gasteiger partial charge is 0.483 e. The van der Waals surface area contributed by atoms with Crippen LogP contribution in [0.5, 0.6) is 5.75 Å². The van der Waals surface area contributed by atoms with Crippen molar-refractivity contribution in [2.24, 2.45) is 5.92 Å². The highest BCUT2D eigenvalue weighted by molar-refractivity contribution is 5.77. The fourth-order valence-corrected chi connectivity index (χ4v) is 2.33. The molecule has 0 aromatic heterocycles. The number of rotatable bonds is 10. The summed E-state index contributed by atoms with van der Waals surface area (Å²) in [5.41, 5.74) is 1.14. The standard InChI is InChI=1S/C18H29NO2/c1-4-7-10-15(5-2)13-19-18(20)14-21-17-12-9-8-11-16(17)6-3/h8-9,11-12,15H,4-7,10,13-14H2,1-3H3,(H,19,20). The number of amides is 1. The first-order chi connectivity index (χ1) is 10.2. The molecule has 0 aliphatic rings. The van der Waals surface area contributed by atoms with Crippen LogP contribution in [0, 0.1) is 5.92 Å². The van der Waals surface area contributed by atoms with Crippen LogP contribution < -0.4 is 10.1 Å². The molecule has 1 N–H and O–H groups in total. The van der Waals surface area contributed by atoms with Crippen molar-refractivity contribution in [3.05, 3.63) is 29.8 Å². The van der Waals surface area contributed by atoms with Crippen molar-refractivity contribution in [2.75, 3.05) is 13.2 Å². The number of hydrogen-bond donors (Lipinski definition) is 1. The summed E-state index contributed by atoms with van der Waals surface area (Å²) in [5.74, 6) is 1.36. The van der Waals surface area contributed by atoms with Crippen LogP contribution in [0.3, 0.4) is 0 Å². The van der Waals surface area contributed by atoms with Gasteiger partial charge in [0.25, 0.3) is 5.91 Å². The van der Waals surface area contributed by atoms with Gasteiger partial charge in [0, 0.05) is 6.54 Å². The van der Waals surface area contributed by atoms with Crippen LogP contribution in [0.2, 0.25) is 0 Å². The highest BCUT2D eigenvalue weighted by Gasteiger charge is 2.09. The van der Waals surface area contributed by atoms with Gasteiger partial charge < -0.3 is 10.1 Å². The third kappa shape index (κ3) is 6.65. The van der Waals surface area contributed by atoms with Gasteiger partial charge in [-0.05, 0) is 30.4 Å². The quantitative estimate of drug-likeness (QED) is 0.708. The van der Waals surface area contributed by atoms with Crippen LogP contribution in [0.25, 0.3) is 0 Å². The van der Waals surface area contributed by atoms with Gasteiger partial charge in [-0.15, -0.1) is 0 Å². The zero-order valence-electron chi connectivity index (χ0n) is 13.7. The Morgan fingerprint density at radius 1 is 1.24 bits per heavy atom. The molecule has 1 rings (SSSR count). The van der Waals surface area contributed by atoms with E-state index in [0.29, 0.717) is 5.92 Å². The maximum absolute atomic E-state index is 11.9. The van der Waals surface area contributed by atoms with Crippen molar-refractivity contribution in [1.82, 2.24) is 5.32 Å². The lowest BCUT2D eigenvalue weighted by atomic mass is 9.99. The number of aryl methyl sites for hydroxylation is 1.